The minimum absolute atomic E-state index is 0.206. The highest BCUT2D eigenvalue weighted by Gasteiger charge is 2.34. The van der Waals surface area contributed by atoms with Crippen LogP contribution in [-0.4, -0.2) is 11.4 Å². The van der Waals surface area contributed by atoms with E-state index in [4.69, 9.17) is 0 Å². The summed E-state index contributed by atoms with van der Waals surface area (Å²) in [6.45, 7) is 7.89. The van der Waals surface area contributed by atoms with Gasteiger partial charge in [-0.1, -0.05) is 73.7 Å². The van der Waals surface area contributed by atoms with Crippen LogP contribution in [-0.2, 0) is 11.0 Å². The van der Waals surface area contributed by atoms with Gasteiger partial charge in [-0.2, -0.15) is 0 Å². The van der Waals surface area contributed by atoms with Gasteiger partial charge in [0.15, 0.2) is 7.14 Å². The van der Waals surface area contributed by atoms with Crippen LogP contribution in [0.5, 0.6) is 0 Å². The van der Waals surface area contributed by atoms with Gasteiger partial charge in [0.2, 0.25) is 0 Å². The first kappa shape index (κ1) is 21.1. The third-order valence-electron chi connectivity index (χ3n) is 4.78. The van der Waals surface area contributed by atoms with Crippen molar-refractivity contribution in [2.45, 2.75) is 39.7 Å². The van der Waals surface area contributed by atoms with Crippen molar-refractivity contribution in [2.24, 2.45) is 0 Å². The minimum Gasteiger partial charge on any atom is -0.347 e. The number of hydrogen-bond donors (Lipinski definition) is 1. The zero-order valence-corrected chi connectivity index (χ0v) is 18.4. The number of nitrogens with one attached hydrogen (secondary N) is 1. The van der Waals surface area contributed by atoms with Gasteiger partial charge in [-0.3, -0.25) is 4.79 Å². The summed E-state index contributed by atoms with van der Waals surface area (Å²) >= 11 is 0. The lowest BCUT2D eigenvalue weighted by Crippen LogP contribution is -2.43. The van der Waals surface area contributed by atoms with Crippen LogP contribution in [0, 0.1) is 0 Å². The van der Waals surface area contributed by atoms with E-state index in [1.54, 1.807) is 0 Å². The zero-order chi connectivity index (χ0) is 21.1. The quantitative estimate of drug-likeness (QED) is 0.639. The Morgan fingerprint density at radius 1 is 0.862 bits per heavy atom. The highest BCUT2D eigenvalue weighted by molar-refractivity contribution is 7.85. The van der Waals surface area contributed by atoms with Gasteiger partial charge in [-0.25, -0.2) is 0 Å². The molecule has 150 valence electrons. The smallest absolute Gasteiger partial charge is 0.252 e. The second kappa shape index (κ2) is 8.39. The fourth-order valence-corrected chi connectivity index (χ4v) is 6.26. The molecule has 0 saturated carbocycles. The highest BCUT2D eigenvalue weighted by atomic mass is 31.2. The van der Waals surface area contributed by atoms with E-state index < -0.39 is 7.14 Å². The summed E-state index contributed by atoms with van der Waals surface area (Å²) in [5, 5.41) is 5.07. The molecule has 0 aliphatic heterocycles. The largest absolute Gasteiger partial charge is 0.347 e. The molecule has 0 heterocycles. The van der Waals surface area contributed by atoms with Gasteiger partial charge in [-0.15, -0.1) is 0 Å². The number of amides is 1. The standard InChI is InChI=1S/C25H28NO2P/c1-5-19-16-17-22(24(27)26-25(2,3)4)23(18-19)29(28,20-12-8-6-9-13-20)21-14-10-7-11-15-21/h6-18H,5H2,1-4H3,(H,26,27). The van der Waals surface area contributed by atoms with Crippen LogP contribution in [0.2, 0.25) is 0 Å². The number of hydrogen-bond acceptors (Lipinski definition) is 2. The SMILES string of the molecule is CCc1ccc(C(=O)NC(C)(C)C)c(P(=O)(c2ccccc2)c2ccccc2)c1. The lowest BCUT2D eigenvalue weighted by atomic mass is 10.1. The van der Waals surface area contributed by atoms with Crippen molar-refractivity contribution >= 4 is 29.0 Å². The van der Waals surface area contributed by atoms with Crippen molar-refractivity contribution in [3.8, 4) is 0 Å². The topological polar surface area (TPSA) is 46.2 Å². The van der Waals surface area contributed by atoms with Crippen molar-refractivity contribution < 1.29 is 9.36 Å². The van der Waals surface area contributed by atoms with Crippen molar-refractivity contribution in [1.29, 1.82) is 0 Å². The highest BCUT2D eigenvalue weighted by Crippen LogP contribution is 2.43. The summed E-state index contributed by atoms with van der Waals surface area (Å²) in [6, 6.07) is 24.6. The van der Waals surface area contributed by atoms with E-state index in [0.717, 1.165) is 22.6 Å². The van der Waals surface area contributed by atoms with Gasteiger partial charge in [0.25, 0.3) is 5.91 Å². The summed E-state index contributed by atoms with van der Waals surface area (Å²) in [6.07, 6.45) is 0.803. The molecule has 1 N–H and O–H groups in total. The molecule has 0 aliphatic rings. The Labute approximate surface area is 173 Å². The fraction of sp³-hybridized carbons (Fsp3) is 0.240. The van der Waals surface area contributed by atoms with Crippen LogP contribution in [0.4, 0.5) is 0 Å². The van der Waals surface area contributed by atoms with E-state index in [2.05, 4.69) is 12.2 Å². The summed E-state index contributed by atoms with van der Waals surface area (Å²) in [5.74, 6) is -0.206. The third kappa shape index (κ3) is 4.52. The van der Waals surface area contributed by atoms with E-state index in [-0.39, 0.29) is 11.4 Å². The normalized spacial score (nSPS) is 11.9. The average Bonchev–Trinajstić information content (AvgIpc) is 2.72. The van der Waals surface area contributed by atoms with E-state index in [1.165, 1.54) is 0 Å². The van der Waals surface area contributed by atoms with Gasteiger partial charge < -0.3 is 9.88 Å². The molecule has 0 radical (unpaired) electrons. The van der Waals surface area contributed by atoms with Crippen LogP contribution < -0.4 is 21.2 Å². The van der Waals surface area contributed by atoms with Gasteiger partial charge >= 0.3 is 0 Å². The second-order valence-corrected chi connectivity index (χ2v) is 10.9. The van der Waals surface area contributed by atoms with Crippen molar-refractivity contribution in [2.75, 3.05) is 0 Å². The molecule has 3 aromatic rings. The van der Waals surface area contributed by atoms with Gasteiger partial charge in [0.1, 0.15) is 0 Å². The first-order chi connectivity index (χ1) is 13.8. The summed E-state index contributed by atoms with van der Waals surface area (Å²) in [4.78, 5) is 13.2. The zero-order valence-electron chi connectivity index (χ0n) is 17.5. The molecule has 0 bridgehead atoms. The Bertz CT molecular complexity index is 994. The average molecular weight is 405 g/mol. The molecule has 3 rings (SSSR count). The minimum atomic E-state index is -3.23. The van der Waals surface area contributed by atoms with E-state index in [1.807, 2.05) is 99.6 Å². The maximum absolute atomic E-state index is 14.8. The number of carbonyl (C=O) groups is 1. The molecule has 0 saturated heterocycles. The fourth-order valence-electron chi connectivity index (χ4n) is 3.36. The molecule has 3 aromatic carbocycles. The maximum atomic E-state index is 14.8. The maximum Gasteiger partial charge on any atom is 0.252 e. The van der Waals surface area contributed by atoms with Crippen molar-refractivity contribution in [3.05, 3.63) is 90.0 Å². The number of aryl methyl sites for hydroxylation is 1. The summed E-state index contributed by atoms with van der Waals surface area (Å²) < 4.78 is 14.8. The van der Waals surface area contributed by atoms with Crippen LogP contribution >= 0.6 is 7.14 Å². The first-order valence-corrected chi connectivity index (χ1v) is 11.6. The first-order valence-electron chi connectivity index (χ1n) is 9.93. The van der Waals surface area contributed by atoms with Gasteiger partial charge in [-0.05, 0) is 44.9 Å². The molecule has 0 atom stereocenters. The molecule has 0 aromatic heterocycles. The number of carbonyl (C=O) groups excluding carboxylic acids is 1. The van der Waals surface area contributed by atoms with Crippen LogP contribution in [0.15, 0.2) is 78.9 Å². The lowest BCUT2D eigenvalue weighted by molar-refractivity contribution is 0.0920. The van der Waals surface area contributed by atoms with E-state index >= 15 is 0 Å². The van der Waals surface area contributed by atoms with E-state index in [0.29, 0.717) is 10.9 Å². The molecule has 0 aliphatic carbocycles. The predicted octanol–water partition coefficient (Wildman–Crippen LogP) is 4.42. The van der Waals surface area contributed by atoms with E-state index in [9.17, 15) is 9.36 Å². The van der Waals surface area contributed by atoms with Crippen LogP contribution in [0.3, 0.4) is 0 Å². The number of rotatable bonds is 5. The molecular formula is C25H28NO2P. The summed E-state index contributed by atoms with van der Waals surface area (Å²) in [5.41, 5.74) is 1.13. The molecule has 29 heavy (non-hydrogen) atoms. The molecule has 1 amide bonds. The molecule has 0 fully saturated rings. The monoisotopic (exact) mass is 405 g/mol. The Balaban J connectivity index is 2.31. The molecule has 0 spiro atoms. The predicted molar refractivity (Wildman–Crippen MR) is 122 cm³/mol. The molecule has 4 heteroatoms. The molecule has 0 unspecified atom stereocenters. The molecular weight excluding hydrogens is 377 g/mol. The van der Waals surface area contributed by atoms with Crippen LogP contribution in [0.1, 0.15) is 43.6 Å². The van der Waals surface area contributed by atoms with Gasteiger partial charge in [0.05, 0.1) is 5.56 Å². The Hall–Kier alpha value is -2.64. The third-order valence-corrected chi connectivity index (χ3v) is 7.88. The van der Waals surface area contributed by atoms with Crippen molar-refractivity contribution in [3.63, 3.8) is 0 Å². The molecule has 3 nitrogen and oxygen atoms in total. The number of benzene rings is 3. The van der Waals surface area contributed by atoms with Gasteiger partial charge in [0, 0.05) is 21.5 Å². The lowest BCUT2D eigenvalue weighted by Gasteiger charge is -2.25. The Kier molecular flexibility index (Phi) is 6.10. The van der Waals surface area contributed by atoms with Crippen molar-refractivity contribution in [1.82, 2.24) is 5.32 Å². The second-order valence-electron chi connectivity index (χ2n) is 8.19. The summed E-state index contributed by atoms with van der Waals surface area (Å²) in [7, 11) is -3.23. The Morgan fingerprint density at radius 3 is 1.83 bits per heavy atom. The van der Waals surface area contributed by atoms with Crippen LogP contribution in [0.25, 0.3) is 0 Å². The Morgan fingerprint density at radius 2 is 1.38 bits per heavy atom.